The number of nitrogens with two attached hydrogens (primary N) is 1. The van der Waals surface area contributed by atoms with Crippen LogP contribution in [0.5, 0.6) is 0 Å². The molecule has 1 heterocycles. The number of hydrogen-bond donors (Lipinski definition) is 3. The quantitative estimate of drug-likeness (QED) is 0.382. The van der Waals surface area contributed by atoms with Gasteiger partial charge in [0.2, 0.25) is 11.8 Å². The number of amides is 3. The first-order valence-corrected chi connectivity index (χ1v) is 10.6. The Bertz CT molecular complexity index is 1400. The fraction of sp³-hybridized carbons (Fsp3) is 0.115. The fourth-order valence-corrected chi connectivity index (χ4v) is 3.88. The summed E-state index contributed by atoms with van der Waals surface area (Å²) < 4.78 is 2.28. The molecule has 0 aliphatic rings. The van der Waals surface area contributed by atoms with Crippen LogP contribution in [0.25, 0.3) is 27.9 Å². The van der Waals surface area contributed by atoms with Crippen molar-refractivity contribution in [2.24, 2.45) is 5.73 Å². The van der Waals surface area contributed by atoms with E-state index in [1.165, 1.54) is 23.0 Å². The largest absolute Gasteiger partial charge is 0.368 e. The normalized spacial score (nSPS) is 11.2. The summed E-state index contributed by atoms with van der Waals surface area (Å²) in [5.41, 5.74) is 9.09. The molecule has 0 aliphatic heterocycles. The maximum absolute atomic E-state index is 12.4. The van der Waals surface area contributed by atoms with Crippen LogP contribution in [0.15, 0.2) is 72.8 Å². The number of aromatic nitrogens is 1. The predicted molar refractivity (Wildman–Crippen MR) is 131 cm³/mol. The molecule has 166 valence electrons. The minimum absolute atomic E-state index is 0.251. The molecule has 7 heteroatoms. The molecule has 0 bridgehead atoms. The molecule has 4 aromatic rings. The van der Waals surface area contributed by atoms with Gasteiger partial charge in [0, 0.05) is 45.7 Å². The van der Waals surface area contributed by atoms with Crippen LogP contribution < -0.4 is 16.4 Å². The summed E-state index contributed by atoms with van der Waals surface area (Å²) >= 11 is 0. The average molecular weight is 441 g/mol. The Hall–Kier alpha value is -4.39. The van der Waals surface area contributed by atoms with Gasteiger partial charge in [-0.25, -0.2) is 0 Å². The molecule has 3 amide bonds. The van der Waals surface area contributed by atoms with Gasteiger partial charge in [0.25, 0.3) is 5.91 Å². The average Bonchev–Trinajstić information content (AvgIpc) is 3.14. The number of anilines is 1. The van der Waals surface area contributed by atoms with Gasteiger partial charge in [0.15, 0.2) is 0 Å². The third kappa shape index (κ3) is 4.77. The van der Waals surface area contributed by atoms with Crippen molar-refractivity contribution in [3.8, 4) is 0 Å². The van der Waals surface area contributed by atoms with E-state index in [1.54, 1.807) is 24.3 Å². The number of carbonyl (C=O) groups excluding carboxylic acids is 3. The van der Waals surface area contributed by atoms with Gasteiger partial charge in [-0.05, 0) is 55.0 Å². The Morgan fingerprint density at radius 2 is 1.73 bits per heavy atom. The number of hydrogen-bond acceptors (Lipinski definition) is 3. The zero-order valence-corrected chi connectivity index (χ0v) is 18.2. The van der Waals surface area contributed by atoms with E-state index in [1.807, 2.05) is 18.2 Å². The van der Waals surface area contributed by atoms with Gasteiger partial charge in [-0.1, -0.05) is 30.3 Å². The molecule has 0 fully saturated rings. The summed E-state index contributed by atoms with van der Waals surface area (Å²) in [4.78, 5) is 35.4. The number of benzene rings is 3. The van der Waals surface area contributed by atoms with Crippen molar-refractivity contribution in [2.75, 3.05) is 11.9 Å². The molecule has 4 N–H and O–H groups in total. The summed E-state index contributed by atoms with van der Waals surface area (Å²) in [5.74, 6) is -1.39. The molecule has 0 saturated heterocycles. The summed E-state index contributed by atoms with van der Waals surface area (Å²) in [5, 5.41) is 7.49. The molecule has 33 heavy (non-hydrogen) atoms. The van der Waals surface area contributed by atoms with Crippen LogP contribution in [-0.4, -0.2) is 28.8 Å². The second-order valence-corrected chi connectivity index (χ2v) is 7.59. The van der Waals surface area contributed by atoms with Crippen molar-refractivity contribution in [3.63, 3.8) is 0 Å². The van der Waals surface area contributed by atoms with E-state index in [-0.39, 0.29) is 12.5 Å². The third-order valence-corrected chi connectivity index (χ3v) is 5.36. The second kappa shape index (κ2) is 9.40. The van der Waals surface area contributed by atoms with Crippen molar-refractivity contribution < 1.29 is 14.4 Å². The molecule has 0 atom stereocenters. The predicted octanol–water partition coefficient (Wildman–Crippen LogP) is 3.68. The highest BCUT2D eigenvalue weighted by atomic mass is 16.2. The minimum Gasteiger partial charge on any atom is -0.368 e. The van der Waals surface area contributed by atoms with Crippen molar-refractivity contribution in [2.45, 2.75) is 13.5 Å². The molecule has 0 radical (unpaired) electrons. The van der Waals surface area contributed by atoms with Gasteiger partial charge >= 0.3 is 0 Å². The lowest BCUT2D eigenvalue weighted by atomic mass is 10.1. The van der Waals surface area contributed by atoms with E-state index in [0.29, 0.717) is 11.3 Å². The number of rotatable bonds is 7. The van der Waals surface area contributed by atoms with E-state index >= 15 is 0 Å². The van der Waals surface area contributed by atoms with Gasteiger partial charge in [-0.3, -0.25) is 14.4 Å². The van der Waals surface area contributed by atoms with Crippen molar-refractivity contribution in [1.82, 2.24) is 9.88 Å². The lowest BCUT2D eigenvalue weighted by Gasteiger charge is -2.06. The number of fused-ring (bicyclic) bond motifs is 3. The van der Waals surface area contributed by atoms with E-state index in [4.69, 9.17) is 5.73 Å². The molecule has 0 saturated carbocycles. The summed E-state index contributed by atoms with van der Waals surface area (Å²) in [6, 6.07) is 20.9. The number of nitrogens with one attached hydrogen (secondary N) is 2. The molecule has 3 aromatic carbocycles. The standard InChI is InChI=1S/C26H24N4O3/c1-2-30-22-9-4-3-8-20(22)21-14-17(10-12-23(21)30)11-13-25(32)29-19-7-5-6-18(15-19)26(33)28-16-24(27)31/h3-15H,2,16H2,1H3,(H2,27,31)(H,28,33)(H,29,32)/b13-11+. The Morgan fingerprint density at radius 3 is 2.52 bits per heavy atom. The first-order chi connectivity index (χ1) is 16.0. The zero-order chi connectivity index (χ0) is 23.4. The molecule has 0 aliphatic carbocycles. The van der Waals surface area contributed by atoms with Crippen LogP contribution in [0.4, 0.5) is 5.69 Å². The highest BCUT2D eigenvalue weighted by Gasteiger charge is 2.10. The third-order valence-electron chi connectivity index (χ3n) is 5.36. The van der Waals surface area contributed by atoms with Crippen LogP contribution in [0.2, 0.25) is 0 Å². The fourth-order valence-electron chi connectivity index (χ4n) is 3.88. The second-order valence-electron chi connectivity index (χ2n) is 7.59. The summed E-state index contributed by atoms with van der Waals surface area (Å²) in [6.07, 6.45) is 3.22. The first kappa shape index (κ1) is 21.8. The Balaban J connectivity index is 1.50. The Kier molecular flexibility index (Phi) is 6.22. The van der Waals surface area contributed by atoms with Crippen LogP contribution in [-0.2, 0) is 16.1 Å². The monoisotopic (exact) mass is 440 g/mol. The molecule has 7 nitrogen and oxygen atoms in total. The number of primary amides is 1. The van der Waals surface area contributed by atoms with E-state index in [2.05, 4.69) is 46.4 Å². The first-order valence-electron chi connectivity index (χ1n) is 10.6. The number of aryl methyl sites for hydroxylation is 1. The van der Waals surface area contributed by atoms with Crippen LogP contribution >= 0.6 is 0 Å². The topological polar surface area (TPSA) is 106 Å². The van der Waals surface area contributed by atoms with Crippen LogP contribution in [0.1, 0.15) is 22.8 Å². The number of carbonyl (C=O) groups is 3. The maximum Gasteiger partial charge on any atom is 0.251 e. The molecule has 1 aromatic heterocycles. The molecule has 4 rings (SSSR count). The van der Waals surface area contributed by atoms with Gasteiger partial charge in [0.1, 0.15) is 0 Å². The summed E-state index contributed by atoms with van der Waals surface area (Å²) in [6.45, 7) is 2.75. The number of nitrogens with zero attached hydrogens (tertiary/aromatic N) is 1. The smallest absolute Gasteiger partial charge is 0.251 e. The van der Waals surface area contributed by atoms with Gasteiger partial charge in [0.05, 0.1) is 6.54 Å². The lowest BCUT2D eigenvalue weighted by Crippen LogP contribution is -2.33. The lowest BCUT2D eigenvalue weighted by molar-refractivity contribution is -0.117. The molecular formula is C26H24N4O3. The Morgan fingerprint density at radius 1 is 0.939 bits per heavy atom. The van der Waals surface area contributed by atoms with Crippen LogP contribution in [0, 0.1) is 0 Å². The SMILES string of the molecule is CCn1c2ccccc2c2cc(/C=C/C(=O)Nc3cccc(C(=O)NCC(N)=O)c3)ccc21. The molecule has 0 spiro atoms. The Labute approximate surface area is 190 Å². The minimum atomic E-state index is -0.629. The van der Waals surface area contributed by atoms with E-state index < -0.39 is 11.8 Å². The highest BCUT2D eigenvalue weighted by molar-refractivity contribution is 6.09. The van der Waals surface area contributed by atoms with Crippen molar-refractivity contribution >= 4 is 51.3 Å². The van der Waals surface area contributed by atoms with Gasteiger partial charge in [-0.2, -0.15) is 0 Å². The van der Waals surface area contributed by atoms with Crippen molar-refractivity contribution in [3.05, 3.63) is 83.9 Å². The van der Waals surface area contributed by atoms with E-state index in [0.717, 1.165) is 23.0 Å². The summed E-state index contributed by atoms with van der Waals surface area (Å²) in [7, 11) is 0. The maximum atomic E-state index is 12.4. The highest BCUT2D eigenvalue weighted by Crippen LogP contribution is 2.30. The van der Waals surface area contributed by atoms with Gasteiger partial charge in [-0.15, -0.1) is 0 Å². The molecular weight excluding hydrogens is 416 g/mol. The molecule has 0 unspecified atom stereocenters. The van der Waals surface area contributed by atoms with Gasteiger partial charge < -0.3 is 20.9 Å². The zero-order valence-electron chi connectivity index (χ0n) is 18.2. The number of para-hydroxylation sites is 1. The van der Waals surface area contributed by atoms with Crippen molar-refractivity contribution in [1.29, 1.82) is 0 Å². The van der Waals surface area contributed by atoms with Crippen LogP contribution in [0.3, 0.4) is 0 Å². The van der Waals surface area contributed by atoms with E-state index in [9.17, 15) is 14.4 Å².